The third-order valence-corrected chi connectivity index (χ3v) is 5.41. The van der Waals surface area contributed by atoms with Gasteiger partial charge in [0.2, 0.25) is 0 Å². The molecular formula is C26H24F3N3O3. The van der Waals surface area contributed by atoms with Crippen molar-refractivity contribution in [1.29, 1.82) is 0 Å². The number of alkyl halides is 3. The van der Waals surface area contributed by atoms with Crippen LogP contribution in [0.15, 0.2) is 71.1 Å². The summed E-state index contributed by atoms with van der Waals surface area (Å²) in [6.07, 6.45) is -3.47. The third kappa shape index (κ3) is 6.11. The minimum Gasteiger partial charge on any atom is -0.486 e. The molecule has 0 fully saturated rings. The number of amides is 1. The quantitative estimate of drug-likeness (QED) is 0.322. The summed E-state index contributed by atoms with van der Waals surface area (Å²) in [5.74, 6) is 1.05. The van der Waals surface area contributed by atoms with Crippen LogP contribution in [-0.4, -0.2) is 15.7 Å². The van der Waals surface area contributed by atoms with E-state index in [9.17, 15) is 18.0 Å². The van der Waals surface area contributed by atoms with E-state index in [4.69, 9.17) is 9.15 Å². The average molecular weight is 483 g/mol. The lowest BCUT2D eigenvalue weighted by Crippen LogP contribution is -2.12. The predicted octanol–water partition coefficient (Wildman–Crippen LogP) is 6.25. The highest BCUT2D eigenvalue weighted by atomic mass is 19.4. The van der Waals surface area contributed by atoms with E-state index in [-0.39, 0.29) is 24.7 Å². The van der Waals surface area contributed by atoms with Crippen LogP contribution in [0, 0.1) is 6.92 Å². The first kappa shape index (κ1) is 24.1. The van der Waals surface area contributed by atoms with E-state index in [1.807, 2.05) is 24.3 Å². The number of rotatable bonds is 8. The molecule has 35 heavy (non-hydrogen) atoms. The van der Waals surface area contributed by atoms with Crippen LogP contribution >= 0.6 is 0 Å². The Morgan fingerprint density at radius 2 is 1.83 bits per heavy atom. The van der Waals surface area contributed by atoms with Crippen molar-refractivity contribution in [3.05, 3.63) is 101 Å². The number of anilines is 1. The van der Waals surface area contributed by atoms with Gasteiger partial charge in [-0.2, -0.15) is 18.3 Å². The van der Waals surface area contributed by atoms with Gasteiger partial charge in [-0.1, -0.05) is 31.2 Å². The fourth-order valence-corrected chi connectivity index (χ4v) is 3.48. The normalized spacial score (nSPS) is 11.5. The first-order valence-corrected chi connectivity index (χ1v) is 11.0. The van der Waals surface area contributed by atoms with Crippen LogP contribution in [0.5, 0.6) is 5.75 Å². The van der Waals surface area contributed by atoms with Gasteiger partial charge in [0.1, 0.15) is 18.1 Å². The van der Waals surface area contributed by atoms with Gasteiger partial charge in [0.05, 0.1) is 12.1 Å². The fourth-order valence-electron chi connectivity index (χ4n) is 3.48. The maximum absolute atomic E-state index is 13.0. The van der Waals surface area contributed by atoms with Crippen molar-refractivity contribution in [2.24, 2.45) is 0 Å². The second kappa shape index (κ2) is 10.1. The maximum atomic E-state index is 13.0. The molecule has 9 heteroatoms. The van der Waals surface area contributed by atoms with Gasteiger partial charge in [-0.05, 0) is 60.9 Å². The smallest absolute Gasteiger partial charge is 0.416 e. The molecular weight excluding hydrogens is 459 g/mol. The van der Waals surface area contributed by atoms with E-state index < -0.39 is 17.6 Å². The zero-order valence-corrected chi connectivity index (χ0v) is 19.2. The average Bonchev–Trinajstić information content (AvgIpc) is 3.44. The van der Waals surface area contributed by atoms with Crippen LogP contribution in [0.3, 0.4) is 0 Å². The molecule has 2 aromatic heterocycles. The molecule has 2 aromatic carbocycles. The fraction of sp³-hybridized carbons (Fsp3) is 0.231. The van der Waals surface area contributed by atoms with Gasteiger partial charge in [0.25, 0.3) is 5.91 Å². The topological polar surface area (TPSA) is 69.3 Å². The number of hydrogen-bond donors (Lipinski definition) is 1. The Bertz CT molecular complexity index is 1310. The number of aryl methyl sites for hydroxylation is 2. The highest BCUT2D eigenvalue weighted by molar-refractivity contribution is 6.01. The Labute approximate surface area is 200 Å². The SMILES string of the molecule is CCc1ccc(OCc2ccc(C(=O)Nc3cc(C)n(Cc4cccc(C(F)(F)F)c4)n3)o2)cc1. The van der Waals surface area contributed by atoms with Crippen molar-refractivity contribution in [1.82, 2.24) is 9.78 Å². The number of carbonyl (C=O) groups is 1. The summed E-state index contributed by atoms with van der Waals surface area (Å²) in [6, 6.07) is 17.7. The lowest BCUT2D eigenvalue weighted by Gasteiger charge is -2.09. The molecule has 2 heterocycles. The zero-order chi connectivity index (χ0) is 25.0. The third-order valence-electron chi connectivity index (χ3n) is 5.41. The molecule has 4 rings (SSSR count). The molecule has 182 valence electrons. The molecule has 0 aliphatic heterocycles. The van der Waals surface area contributed by atoms with Crippen molar-refractivity contribution < 1.29 is 27.1 Å². The molecule has 0 bridgehead atoms. The Morgan fingerprint density at radius 3 is 2.54 bits per heavy atom. The Hall–Kier alpha value is -4.01. The summed E-state index contributed by atoms with van der Waals surface area (Å²) < 4.78 is 51.7. The lowest BCUT2D eigenvalue weighted by atomic mass is 10.1. The van der Waals surface area contributed by atoms with Crippen LogP contribution in [-0.2, 0) is 25.7 Å². The second-order valence-electron chi connectivity index (χ2n) is 8.03. The van der Waals surface area contributed by atoms with Crippen molar-refractivity contribution >= 4 is 11.7 Å². The van der Waals surface area contributed by atoms with Crippen molar-refractivity contribution in [2.75, 3.05) is 5.32 Å². The Morgan fingerprint density at radius 1 is 1.06 bits per heavy atom. The first-order valence-electron chi connectivity index (χ1n) is 11.0. The maximum Gasteiger partial charge on any atom is 0.416 e. The number of carbonyl (C=O) groups excluding carboxylic acids is 1. The van der Waals surface area contributed by atoms with Crippen LogP contribution in [0.4, 0.5) is 19.0 Å². The molecule has 0 aliphatic carbocycles. The number of halogens is 3. The van der Waals surface area contributed by atoms with Gasteiger partial charge in [-0.25, -0.2) is 0 Å². The second-order valence-corrected chi connectivity index (χ2v) is 8.03. The van der Waals surface area contributed by atoms with Crippen LogP contribution in [0.1, 0.15) is 45.6 Å². The summed E-state index contributed by atoms with van der Waals surface area (Å²) in [7, 11) is 0. The van der Waals surface area contributed by atoms with E-state index in [1.165, 1.54) is 16.3 Å². The van der Waals surface area contributed by atoms with Crippen LogP contribution < -0.4 is 10.1 Å². The monoisotopic (exact) mass is 483 g/mol. The molecule has 0 radical (unpaired) electrons. The van der Waals surface area contributed by atoms with Gasteiger partial charge in [0.15, 0.2) is 11.6 Å². The molecule has 6 nitrogen and oxygen atoms in total. The molecule has 0 atom stereocenters. The van der Waals surface area contributed by atoms with E-state index >= 15 is 0 Å². The minimum atomic E-state index is -4.42. The summed E-state index contributed by atoms with van der Waals surface area (Å²) >= 11 is 0. The van der Waals surface area contributed by atoms with Gasteiger partial charge >= 0.3 is 6.18 Å². The molecule has 0 spiro atoms. The Kier molecular flexibility index (Phi) is 6.95. The van der Waals surface area contributed by atoms with Crippen molar-refractivity contribution in [2.45, 2.75) is 39.6 Å². The molecule has 4 aromatic rings. The largest absolute Gasteiger partial charge is 0.486 e. The summed E-state index contributed by atoms with van der Waals surface area (Å²) in [5.41, 5.74) is 1.62. The van der Waals surface area contributed by atoms with Crippen LogP contribution in [0.2, 0.25) is 0 Å². The number of nitrogens with zero attached hydrogens (tertiary/aromatic N) is 2. The van der Waals surface area contributed by atoms with E-state index in [2.05, 4.69) is 17.3 Å². The number of hydrogen-bond acceptors (Lipinski definition) is 4. The van der Waals surface area contributed by atoms with E-state index in [0.29, 0.717) is 22.8 Å². The lowest BCUT2D eigenvalue weighted by molar-refractivity contribution is -0.137. The number of nitrogens with one attached hydrogen (secondary N) is 1. The van der Waals surface area contributed by atoms with Gasteiger partial charge < -0.3 is 14.5 Å². The van der Waals surface area contributed by atoms with Crippen molar-refractivity contribution in [3.8, 4) is 5.75 Å². The van der Waals surface area contributed by atoms with Crippen LogP contribution in [0.25, 0.3) is 0 Å². The van der Waals surface area contributed by atoms with Gasteiger partial charge in [-0.15, -0.1) is 0 Å². The number of aromatic nitrogens is 2. The highest BCUT2D eigenvalue weighted by Gasteiger charge is 2.30. The minimum absolute atomic E-state index is 0.0926. The molecule has 0 unspecified atom stereocenters. The summed E-state index contributed by atoms with van der Waals surface area (Å²) in [4.78, 5) is 12.6. The standard InChI is InChI=1S/C26H24F3N3O3/c1-3-18-7-9-21(10-8-18)34-16-22-11-12-23(35-22)25(33)30-24-13-17(2)32(31-24)15-19-5-4-6-20(14-19)26(27,28)29/h4-14H,3,15-16H2,1-2H3,(H,30,31,33). The van der Waals surface area contributed by atoms with Crippen molar-refractivity contribution in [3.63, 3.8) is 0 Å². The zero-order valence-electron chi connectivity index (χ0n) is 19.2. The molecule has 1 amide bonds. The molecule has 0 saturated carbocycles. The van der Waals surface area contributed by atoms with Gasteiger partial charge in [-0.3, -0.25) is 9.48 Å². The number of benzene rings is 2. The summed E-state index contributed by atoms with van der Waals surface area (Å²) in [6.45, 7) is 4.13. The molecule has 0 aliphatic rings. The van der Waals surface area contributed by atoms with E-state index in [1.54, 1.807) is 31.2 Å². The highest BCUT2D eigenvalue weighted by Crippen LogP contribution is 2.29. The van der Waals surface area contributed by atoms with Gasteiger partial charge in [0, 0.05) is 11.8 Å². The summed E-state index contributed by atoms with van der Waals surface area (Å²) in [5, 5.41) is 6.95. The van der Waals surface area contributed by atoms with E-state index in [0.717, 1.165) is 18.6 Å². The number of furan rings is 1. The Balaban J connectivity index is 1.36. The molecule has 0 saturated heterocycles. The first-order chi connectivity index (χ1) is 16.7. The number of ether oxygens (including phenoxy) is 1. The predicted molar refractivity (Wildman–Crippen MR) is 124 cm³/mol. The molecule has 1 N–H and O–H groups in total.